The maximum Gasteiger partial charge on any atom is 0.265 e. The van der Waals surface area contributed by atoms with Gasteiger partial charge in [-0.2, -0.15) is 0 Å². The minimum atomic E-state index is -0.0409. The van der Waals surface area contributed by atoms with Crippen LogP contribution in [0.1, 0.15) is 27.7 Å². The summed E-state index contributed by atoms with van der Waals surface area (Å²) in [6, 6.07) is 15.9. The number of thiophene rings is 1. The zero-order valence-electron chi connectivity index (χ0n) is 13.6. The number of amides is 1. The third-order valence-corrected chi connectivity index (χ3v) is 6.80. The zero-order chi connectivity index (χ0) is 17.4. The van der Waals surface area contributed by atoms with Gasteiger partial charge in [-0.05, 0) is 41.8 Å². The highest BCUT2D eigenvalue weighted by molar-refractivity contribution is 7.98. The Kier molecular flexibility index (Phi) is 4.59. The molecule has 0 spiro atoms. The Labute approximate surface area is 160 Å². The Bertz CT molecular complexity index is 964. The van der Waals surface area contributed by atoms with Crippen molar-refractivity contribution < 1.29 is 4.79 Å². The summed E-state index contributed by atoms with van der Waals surface area (Å²) in [6.07, 6.45) is 0.891. The van der Waals surface area contributed by atoms with E-state index in [0.29, 0.717) is 0 Å². The molecular weight excluding hydrogens is 370 g/mol. The average Bonchev–Trinajstić information content (AvgIpc) is 3.06. The van der Waals surface area contributed by atoms with Gasteiger partial charge in [-0.3, -0.25) is 4.79 Å². The molecule has 0 radical (unpaired) electrons. The van der Waals surface area contributed by atoms with Crippen LogP contribution in [0, 0.1) is 0 Å². The number of thioether (sulfide) groups is 1. The quantitative estimate of drug-likeness (QED) is 0.558. The Morgan fingerprint density at radius 2 is 2.04 bits per heavy atom. The number of benzene rings is 2. The summed E-state index contributed by atoms with van der Waals surface area (Å²) in [7, 11) is 0. The van der Waals surface area contributed by atoms with E-state index in [0.717, 1.165) is 33.3 Å². The Hall–Kier alpha value is -1.75. The molecule has 1 aliphatic heterocycles. The number of para-hydroxylation sites is 1. The normalized spacial score (nSPS) is 12.4. The van der Waals surface area contributed by atoms with Crippen LogP contribution in [0.2, 0.25) is 5.02 Å². The van der Waals surface area contributed by atoms with E-state index in [9.17, 15) is 4.79 Å². The van der Waals surface area contributed by atoms with E-state index in [1.54, 1.807) is 23.1 Å². The monoisotopic (exact) mass is 385 g/mol. The van der Waals surface area contributed by atoms with Gasteiger partial charge >= 0.3 is 0 Å². The third-order valence-electron chi connectivity index (χ3n) is 4.25. The van der Waals surface area contributed by atoms with Crippen molar-refractivity contribution in [1.29, 1.82) is 0 Å². The number of aryl methyl sites for hydroxylation is 1. The SMILES string of the molecule is CCc1ccccc1NC(=O)c1cc2c(s1)-c1ccc(Cl)cc1SC2. The van der Waals surface area contributed by atoms with Gasteiger partial charge in [-0.25, -0.2) is 0 Å². The van der Waals surface area contributed by atoms with Crippen molar-refractivity contribution in [2.75, 3.05) is 5.32 Å². The predicted octanol–water partition coefficient (Wildman–Crippen LogP) is 6.49. The second-order valence-electron chi connectivity index (χ2n) is 5.86. The lowest BCUT2D eigenvalue weighted by Gasteiger charge is -2.15. The molecule has 4 rings (SSSR count). The van der Waals surface area contributed by atoms with E-state index in [4.69, 9.17) is 11.6 Å². The van der Waals surface area contributed by atoms with Crippen molar-refractivity contribution in [1.82, 2.24) is 0 Å². The lowest BCUT2D eigenvalue weighted by Crippen LogP contribution is -2.11. The number of rotatable bonds is 3. The summed E-state index contributed by atoms with van der Waals surface area (Å²) >= 11 is 9.43. The highest BCUT2D eigenvalue weighted by Crippen LogP contribution is 2.46. The molecule has 0 atom stereocenters. The summed E-state index contributed by atoms with van der Waals surface area (Å²) in [5.41, 5.74) is 4.43. The number of hydrogen-bond acceptors (Lipinski definition) is 3. The molecule has 5 heteroatoms. The summed E-state index contributed by atoms with van der Waals surface area (Å²) in [5.74, 6) is 0.832. The van der Waals surface area contributed by atoms with Crippen LogP contribution in [0.25, 0.3) is 10.4 Å². The number of carbonyl (C=O) groups excluding carboxylic acids is 1. The van der Waals surface area contributed by atoms with Gasteiger partial charge in [0.15, 0.2) is 0 Å². The van der Waals surface area contributed by atoms with Gasteiger partial charge in [-0.15, -0.1) is 23.1 Å². The first-order valence-electron chi connectivity index (χ1n) is 8.10. The van der Waals surface area contributed by atoms with Crippen molar-refractivity contribution in [3.05, 3.63) is 69.6 Å². The van der Waals surface area contributed by atoms with Crippen molar-refractivity contribution in [3.63, 3.8) is 0 Å². The predicted molar refractivity (Wildman–Crippen MR) is 108 cm³/mol. The minimum absolute atomic E-state index is 0.0409. The molecule has 1 aromatic heterocycles. The summed E-state index contributed by atoms with van der Waals surface area (Å²) in [5, 5.41) is 3.81. The maximum atomic E-state index is 12.7. The minimum Gasteiger partial charge on any atom is -0.321 e. The molecule has 0 bridgehead atoms. The molecule has 2 heterocycles. The van der Waals surface area contributed by atoms with Crippen molar-refractivity contribution in [2.45, 2.75) is 24.0 Å². The molecule has 1 N–H and O–H groups in total. The average molecular weight is 386 g/mol. The number of fused-ring (bicyclic) bond motifs is 3. The van der Waals surface area contributed by atoms with Crippen molar-refractivity contribution >= 4 is 46.3 Å². The lowest BCUT2D eigenvalue weighted by atomic mass is 10.1. The largest absolute Gasteiger partial charge is 0.321 e. The topological polar surface area (TPSA) is 29.1 Å². The van der Waals surface area contributed by atoms with E-state index in [2.05, 4.69) is 12.2 Å². The van der Waals surface area contributed by atoms with Crippen molar-refractivity contribution in [3.8, 4) is 10.4 Å². The number of hydrogen-bond donors (Lipinski definition) is 1. The van der Waals surface area contributed by atoms with E-state index in [-0.39, 0.29) is 5.91 Å². The fourth-order valence-corrected chi connectivity index (χ4v) is 5.55. The fraction of sp³-hybridized carbons (Fsp3) is 0.150. The Morgan fingerprint density at radius 1 is 1.20 bits per heavy atom. The smallest absolute Gasteiger partial charge is 0.265 e. The first kappa shape index (κ1) is 16.7. The molecular formula is C20H16ClNOS2. The number of nitrogens with one attached hydrogen (secondary N) is 1. The molecule has 0 unspecified atom stereocenters. The summed E-state index contributed by atoms with van der Waals surface area (Å²) < 4.78 is 0. The maximum absolute atomic E-state index is 12.7. The van der Waals surface area contributed by atoms with Crippen molar-refractivity contribution in [2.24, 2.45) is 0 Å². The van der Waals surface area contributed by atoms with Crippen LogP contribution in [0.15, 0.2) is 53.4 Å². The van der Waals surface area contributed by atoms with Gasteiger partial charge in [0, 0.05) is 31.8 Å². The molecule has 0 saturated heterocycles. The van der Waals surface area contributed by atoms with E-state index in [1.165, 1.54) is 20.9 Å². The molecule has 1 amide bonds. The molecule has 2 nitrogen and oxygen atoms in total. The van der Waals surface area contributed by atoms with Gasteiger partial charge in [0.1, 0.15) is 0 Å². The Balaban J connectivity index is 1.65. The van der Waals surface area contributed by atoms with Crippen LogP contribution in [-0.4, -0.2) is 5.91 Å². The lowest BCUT2D eigenvalue weighted by molar-refractivity contribution is 0.103. The standard InChI is InChI=1S/C20H16ClNOS2/c1-2-12-5-3-4-6-16(12)22-20(23)18-9-13-11-24-17-10-14(21)7-8-15(17)19(13)25-18/h3-10H,2,11H2,1H3,(H,22,23). The first-order chi connectivity index (χ1) is 12.2. The fourth-order valence-electron chi connectivity index (χ4n) is 2.97. The van der Waals surface area contributed by atoms with Crippen LogP contribution >= 0.6 is 34.7 Å². The van der Waals surface area contributed by atoms with Crippen LogP contribution in [0.4, 0.5) is 5.69 Å². The second-order valence-corrected chi connectivity index (χ2v) is 8.36. The number of halogens is 1. The van der Waals surface area contributed by atoms with Gasteiger partial charge < -0.3 is 5.32 Å². The highest BCUT2D eigenvalue weighted by atomic mass is 35.5. The van der Waals surface area contributed by atoms with Gasteiger partial charge in [0.2, 0.25) is 0 Å². The Morgan fingerprint density at radius 3 is 2.88 bits per heavy atom. The van der Waals surface area contributed by atoms with E-state index >= 15 is 0 Å². The van der Waals surface area contributed by atoms with Crippen LogP contribution in [0.3, 0.4) is 0 Å². The number of anilines is 1. The van der Waals surface area contributed by atoms with Gasteiger partial charge in [0.25, 0.3) is 5.91 Å². The van der Waals surface area contributed by atoms with E-state index < -0.39 is 0 Å². The summed E-state index contributed by atoms with van der Waals surface area (Å²) in [6.45, 7) is 2.09. The molecule has 2 aromatic carbocycles. The number of carbonyl (C=O) groups is 1. The van der Waals surface area contributed by atoms with Crippen LogP contribution in [-0.2, 0) is 12.2 Å². The molecule has 3 aromatic rings. The van der Waals surface area contributed by atoms with Gasteiger partial charge in [0.05, 0.1) is 4.88 Å². The van der Waals surface area contributed by atoms with Gasteiger partial charge in [-0.1, -0.05) is 42.8 Å². The third kappa shape index (κ3) is 3.22. The highest BCUT2D eigenvalue weighted by Gasteiger charge is 2.22. The molecule has 0 fully saturated rings. The van der Waals surface area contributed by atoms with E-state index in [1.807, 2.05) is 48.5 Å². The van der Waals surface area contributed by atoms with Crippen LogP contribution in [0.5, 0.6) is 0 Å². The molecule has 1 aliphatic rings. The molecule has 0 aliphatic carbocycles. The first-order valence-corrected chi connectivity index (χ1v) is 10.3. The van der Waals surface area contributed by atoms with Crippen LogP contribution < -0.4 is 5.32 Å². The summed E-state index contributed by atoms with van der Waals surface area (Å²) in [4.78, 5) is 15.9. The zero-order valence-corrected chi connectivity index (χ0v) is 16.0. The molecule has 126 valence electrons. The second kappa shape index (κ2) is 6.87. The molecule has 0 saturated carbocycles. The molecule has 25 heavy (non-hydrogen) atoms.